The molecule has 0 aliphatic carbocycles. The molecule has 2 amide bonds. The third-order valence-electron chi connectivity index (χ3n) is 7.91. The number of hydrogen-bond donors (Lipinski definition) is 1. The van der Waals surface area contributed by atoms with Gasteiger partial charge in [-0.2, -0.15) is 0 Å². The highest BCUT2D eigenvalue weighted by Gasteiger charge is 2.36. The molecule has 2 atom stereocenters. The Bertz CT molecular complexity index is 1840. The van der Waals surface area contributed by atoms with E-state index < -0.39 is 28.5 Å². The molecule has 0 aromatic heterocycles. The molecule has 4 aromatic rings. The standard InChI is InChI=1S/C36H38Cl3N3O5S/c1-5-25(3)40-36(44)33(20-26-9-7-6-8-10-26)41(22-27-13-17-30(38)31(39)19-27)35(43)23-42(32-21-28(37)14-18-34(32)47-4)48(45,46)29-15-11-24(2)12-16-29/h6-19,21,25,33H,5,20,22-23H2,1-4H3,(H,40,44)/t25-,33+/m1/s1. The van der Waals surface area contributed by atoms with Crippen LogP contribution < -0.4 is 14.4 Å². The lowest BCUT2D eigenvalue weighted by Crippen LogP contribution is -2.54. The summed E-state index contributed by atoms with van der Waals surface area (Å²) >= 11 is 18.9. The zero-order valence-electron chi connectivity index (χ0n) is 27.1. The Morgan fingerprint density at radius 3 is 2.19 bits per heavy atom. The molecule has 4 rings (SSSR count). The van der Waals surface area contributed by atoms with Crippen molar-refractivity contribution in [2.24, 2.45) is 0 Å². The molecule has 1 N–H and O–H groups in total. The number of halogens is 3. The fourth-order valence-electron chi connectivity index (χ4n) is 5.04. The fraction of sp³-hybridized carbons (Fsp3) is 0.278. The van der Waals surface area contributed by atoms with Gasteiger partial charge in [0.1, 0.15) is 18.3 Å². The number of nitrogens with one attached hydrogen (secondary N) is 1. The third-order valence-corrected chi connectivity index (χ3v) is 10.7. The molecule has 0 saturated carbocycles. The van der Waals surface area contributed by atoms with E-state index in [2.05, 4.69) is 5.32 Å². The molecule has 8 nitrogen and oxygen atoms in total. The average molecular weight is 731 g/mol. The number of amides is 2. The van der Waals surface area contributed by atoms with Crippen molar-refractivity contribution >= 4 is 62.3 Å². The number of hydrogen-bond acceptors (Lipinski definition) is 5. The van der Waals surface area contributed by atoms with E-state index in [9.17, 15) is 18.0 Å². The summed E-state index contributed by atoms with van der Waals surface area (Å²) in [6.07, 6.45) is 0.836. The largest absolute Gasteiger partial charge is 0.495 e. The van der Waals surface area contributed by atoms with Crippen LogP contribution in [0.1, 0.15) is 37.0 Å². The average Bonchev–Trinajstić information content (AvgIpc) is 3.07. The number of anilines is 1. The zero-order valence-corrected chi connectivity index (χ0v) is 30.2. The van der Waals surface area contributed by atoms with Crippen LogP contribution in [0.5, 0.6) is 5.75 Å². The third kappa shape index (κ3) is 9.23. The second-order valence-electron chi connectivity index (χ2n) is 11.4. The predicted octanol–water partition coefficient (Wildman–Crippen LogP) is 7.71. The Hall–Kier alpha value is -3.76. The number of carbonyl (C=O) groups excluding carboxylic acids is 2. The van der Waals surface area contributed by atoms with Crippen LogP contribution >= 0.6 is 34.8 Å². The summed E-state index contributed by atoms with van der Waals surface area (Å²) in [5.74, 6) is -0.830. The number of rotatable bonds is 14. The molecule has 48 heavy (non-hydrogen) atoms. The van der Waals surface area contributed by atoms with E-state index in [1.165, 1.54) is 36.3 Å². The van der Waals surface area contributed by atoms with Gasteiger partial charge in [-0.15, -0.1) is 0 Å². The number of nitrogens with zero attached hydrogens (tertiary/aromatic N) is 2. The Balaban J connectivity index is 1.87. The fourth-order valence-corrected chi connectivity index (χ4v) is 6.94. The van der Waals surface area contributed by atoms with E-state index >= 15 is 0 Å². The van der Waals surface area contributed by atoms with Gasteiger partial charge < -0.3 is 15.0 Å². The van der Waals surface area contributed by atoms with Crippen molar-refractivity contribution in [1.82, 2.24) is 10.2 Å². The van der Waals surface area contributed by atoms with Crippen LogP contribution in [0.2, 0.25) is 15.1 Å². The second kappa shape index (κ2) is 16.6. The monoisotopic (exact) mass is 729 g/mol. The SMILES string of the molecule is CC[C@@H](C)NC(=O)[C@H](Cc1ccccc1)N(Cc1ccc(Cl)c(Cl)c1)C(=O)CN(c1cc(Cl)ccc1OC)S(=O)(=O)c1ccc(C)cc1. The lowest BCUT2D eigenvalue weighted by molar-refractivity contribution is -0.140. The molecule has 254 valence electrons. The van der Waals surface area contributed by atoms with Gasteiger partial charge in [-0.1, -0.05) is 95.8 Å². The predicted molar refractivity (Wildman–Crippen MR) is 193 cm³/mol. The summed E-state index contributed by atoms with van der Waals surface area (Å²) < 4.78 is 35.2. The van der Waals surface area contributed by atoms with E-state index in [-0.39, 0.29) is 51.3 Å². The molecular weight excluding hydrogens is 693 g/mol. The van der Waals surface area contributed by atoms with E-state index in [0.717, 1.165) is 15.4 Å². The Morgan fingerprint density at radius 2 is 1.56 bits per heavy atom. The van der Waals surface area contributed by atoms with Gasteiger partial charge in [-0.3, -0.25) is 13.9 Å². The molecule has 4 aromatic carbocycles. The molecule has 0 radical (unpaired) electrons. The molecule has 0 saturated heterocycles. The van der Waals surface area contributed by atoms with E-state index in [1.54, 1.807) is 36.4 Å². The van der Waals surface area contributed by atoms with Crippen molar-refractivity contribution in [2.75, 3.05) is 18.0 Å². The van der Waals surface area contributed by atoms with Gasteiger partial charge in [0, 0.05) is 24.0 Å². The Morgan fingerprint density at radius 1 is 0.875 bits per heavy atom. The molecule has 0 spiro atoms. The van der Waals surface area contributed by atoms with E-state index in [1.807, 2.05) is 51.1 Å². The van der Waals surface area contributed by atoms with Crippen molar-refractivity contribution < 1.29 is 22.7 Å². The van der Waals surface area contributed by atoms with Crippen molar-refractivity contribution in [2.45, 2.75) is 57.1 Å². The molecule has 0 heterocycles. The number of carbonyl (C=O) groups is 2. The van der Waals surface area contributed by atoms with E-state index in [0.29, 0.717) is 17.0 Å². The van der Waals surface area contributed by atoms with Crippen molar-refractivity contribution in [3.63, 3.8) is 0 Å². The van der Waals surface area contributed by atoms with Gasteiger partial charge in [0.15, 0.2) is 0 Å². The minimum Gasteiger partial charge on any atom is -0.495 e. The summed E-state index contributed by atoms with van der Waals surface area (Å²) in [5.41, 5.74) is 2.34. The number of aryl methyl sites for hydroxylation is 1. The number of benzene rings is 4. The first-order chi connectivity index (χ1) is 22.8. The molecule has 0 fully saturated rings. The highest BCUT2D eigenvalue weighted by Crippen LogP contribution is 2.35. The summed E-state index contributed by atoms with van der Waals surface area (Å²) in [4.78, 5) is 30.1. The van der Waals surface area contributed by atoms with Gasteiger partial charge >= 0.3 is 0 Å². The second-order valence-corrected chi connectivity index (χ2v) is 14.5. The number of ether oxygens (including phenoxy) is 1. The van der Waals surface area contributed by atoms with Crippen molar-refractivity contribution in [3.05, 3.63) is 123 Å². The molecular formula is C36H38Cl3N3O5S. The van der Waals surface area contributed by atoms with Crippen LogP contribution in [0.4, 0.5) is 5.69 Å². The highest BCUT2D eigenvalue weighted by atomic mass is 35.5. The highest BCUT2D eigenvalue weighted by molar-refractivity contribution is 7.92. The first-order valence-corrected chi connectivity index (χ1v) is 17.9. The lowest BCUT2D eigenvalue weighted by atomic mass is 10.0. The Kier molecular flexibility index (Phi) is 12.8. The smallest absolute Gasteiger partial charge is 0.264 e. The quantitative estimate of drug-likeness (QED) is 0.143. The van der Waals surface area contributed by atoms with Crippen LogP contribution in [0, 0.1) is 6.92 Å². The number of sulfonamides is 1. The molecule has 0 aliphatic rings. The summed E-state index contributed by atoms with van der Waals surface area (Å²) in [7, 11) is -2.95. The van der Waals surface area contributed by atoms with Crippen molar-refractivity contribution in [1.29, 1.82) is 0 Å². The van der Waals surface area contributed by atoms with Crippen LogP contribution in [-0.4, -0.2) is 50.9 Å². The topological polar surface area (TPSA) is 96.0 Å². The van der Waals surface area contributed by atoms with Crippen molar-refractivity contribution in [3.8, 4) is 5.75 Å². The first kappa shape index (κ1) is 37.1. The Labute approximate surface area is 297 Å². The van der Waals surface area contributed by atoms with Gasteiger partial charge in [0.05, 0.1) is 27.7 Å². The van der Waals surface area contributed by atoms with Gasteiger partial charge in [-0.25, -0.2) is 8.42 Å². The maximum Gasteiger partial charge on any atom is 0.264 e. The maximum absolute atomic E-state index is 14.7. The van der Waals surface area contributed by atoms with E-state index in [4.69, 9.17) is 39.5 Å². The van der Waals surface area contributed by atoms with Crippen LogP contribution in [0.15, 0.2) is 95.9 Å². The molecule has 0 unspecified atom stereocenters. The minimum absolute atomic E-state index is 0.0330. The van der Waals surface area contributed by atoms with Crippen LogP contribution in [0.3, 0.4) is 0 Å². The van der Waals surface area contributed by atoms with Gasteiger partial charge in [0.2, 0.25) is 11.8 Å². The molecule has 0 bridgehead atoms. The maximum atomic E-state index is 14.7. The summed E-state index contributed by atoms with van der Waals surface area (Å²) in [5, 5.41) is 3.86. The minimum atomic E-state index is -4.35. The normalized spacial score (nSPS) is 12.6. The summed E-state index contributed by atoms with van der Waals surface area (Å²) in [6.45, 7) is 4.93. The van der Waals surface area contributed by atoms with Gasteiger partial charge in [-0.05, 0) is 73.9 Å². The molecule has 12 heteroatoms. The lowest BCUT2D eigenvalue weighted by Gasteiger charge is -2.34. The van der Waals surface area contributed by atoms with Gasteiger partial charge in [0.25, 0.3) is 10.0 Å². The molecule has 0 aliphatic heterocycles. The summed E-state index contributed by atoms with van der Waals surface area (Å²) in [6, 6.07) is 23.9. The van der Waals surface area contributed by atoms with Crippen LogP contribution in [0.25, 0.3) is 0 Å². The number of methoxy groups -OCH3 is 1. The van der Waals surface area contributed by atoms with Crippen LogP contribution in [-0.2, 0) is 32.6 Å². The first-order valence-electron chi connectivity index (χ1n) is 15.3. The zero-order chi connectivity index (χ0) is 35.0.